The van der Waals surface area contributed by atoms with Gasteiger partial charge in [-0.15, -0.1) is 10.2 Å². The first-order chi connectivity index (χ1) is 8.86. The van der Waals surface area contributed by atoms with E-state index in [1.54, 1.807) is 7.11 Å². The largest absolute Gasteiger partial charge is 0.469 e. The Morgan fingerprint density at radius 1 is 1.17 bits per heavy atom. The van der Waals surface area contributed by atoms with Crippen molar-refractivity contribution in [2.24, 2.45) is 0 Å². The Morgan fingerprint density at radius 3 is 2.83 bits per heavy atom. The molecule has 5 nitrogen and oxygen atoms in total. The van der Waals surface area contributed by atoms with Gasteiger partial charge in [-0.25, -0.2) is 0 Å². The van der Waals surface area contributed by atoms with Gasteiger partial charge < -0.3 is 14.8 Å². The molecule has 0 saturated heterocycles. The Kier molecular flexibility index (Phi) is 8.71. The van der Waals surface area contributed by atoms with Gasteiger partial charge in [0.2, 0.25) is 0 Å². The average Bonchev–Trinajstić information content (AvgIpc) is 2.82. The lowest BCUT2D eigenvalue weighted by Crippen LogP contribution is -2.18. The van der Waals surface area contributed by atoms with Gasteiger partial charge in [0.25, 0.3) is 5.19 Å². The van der Waals surface area contributed by atoms with Crippen molar-refractivity contribution in [3.8, 4) is 5.19 Å². The molecule has 1 aromatic heterocycles. The molecule has 104 valence electrons. The molecule has 0 atom stereocenters. The van der Waals surface area contributed by atoms with E-state index in [2.05, 4.69) is 22.4 Å². The second-order valence-corrected chi connectivity index (χ2v) is 5.07. The highest BCUT2D eigenvalue weighted by Gasteiger charge is 2.04. The predicted molar refractivity (Wildman–Crippen MR) is 73.1 cm³/mol. The Bertz CT molecular complexity index is 307. The number of aromatic nitrogens is 2. The fourth-order valence-corrected chi connectivity index (χ4v) is 2.11. The Hall–Kier alpha value is -0.720. The first kappa shape index (κ1) is 15.3. The summed E-state index contributed by atoms with van der Waals surface area (Å²) >= 11 is 1.51. The lowest BCUT2D eigenvalue weighted by atomic mass is 10.2. The molecule has 0 bridgehead atoms. The van der Waals surface area contributed by atoms with Crippen LogP contribution in [0.25, 0.3) is 0 Å². The number of nitrogens with zero attached hydrogens (tertiary/aromatic N) is 2. The lowest BCUT2D eigenvalue weighted by Gasteiger charge is -2.00. The third-order valence-electron chi connectivity index (χ3n) is 2.43. The Balaban J connectivity index is 2.10. The standard InChI is InChI=1S/C12H23N3O2S/c1-3-4-5-6-8-17-12-15-14-11(18-12)10-13-7-9-16-2/h13H,3-10H2,1-2H3. The zero-order valence-corrected chi connectivity index (χ0v) is 12.1. The summed E-state index contributed by atoms with van der Waals surface area (Å²) in [7, 11) is 1.69. The highest BCUT2D eigenvalue weighted by molar-refractivity contribution is 7.13. The fourth-order valence-electron chi connectivity index (χ4n) is 1.43. The van der Waals surface area contributed by atoms with Crippen LogP contribution < -0.4 is 10.1 Å². The zero-order valence-electron chi connectivity index (χ0n) is 11.3. The van der Waals surface area contributed by atoms with Gasteiger partial charge in [0.15, 0.2) is 0 Å². The monoisotopic (exact) mass is 273 g/mol. The molecule has 0 aliphatic heterocycles. The molecule has 0 aliphatic rings. The molecule has 1 N–H and O–H groups in total. The molecule has 0 spiro atoms. The first-order valence-corrected chi connectivity index (χ1v) is 7.33. The van der Waals surface area contributed by atoms with Crippen LogP contribution in [0.15, 0.2) is 0 Å². The molecule has 0 aliphatic carbocycles. The maximum Gasteiger partial charge on any atom is 0.294 e. The van der Waals surface area contributed by atoms with Crippen molar-refractivity contribution in [2.45, 2.75) is 39.2 Å². The molecule has 0 aromatic carbocycles. The van der Waals surface area contributed by atoms with Gasteiger partial charge in [-0.1, -0.05) is 37.5 Å². The summed E-state index contributed by atoms with van der Waals surface area (Å²) in [4.78, 5) is 0. The summed E-state index contributed by atoms with van der Waals surface area (Å²) in [6.07, 6.45) is 4.83. The molecule has 1 aromatic rings. The van der Waals surface area contributed by atoms with Crippen molar-refractivity contribution in [2.75, 3.05) is 26.9 Å². The van der Waals surface area contributed by atoms with Gasteiger partial charge in [-0.3, -0.25) is 0 Å². The topological polar surface area (TPSA) is 56.3 Å². The highest BCUT2D eigenvalue weighted by atomic mass is 32.1. The molecule has 0 radical (unpaired) electrons. The number of hydrogen-bond acceptors (Lipinski definition) is 6. The second kappa shape index (κ2) is 10.2. The van der Waals surface area contributed by atoms with E-state index in [0.29, 0.717) is 11.8 Å². The molecular weight excluding hydrogens is 250 g/mol. The van der Waals surface area contributed by atoms with Crippen molar-refractivity contribution in [3.05, 3.63) is 5.01 Å². The van der Waals surface area contributed by atoms with E-state index in [9.17, 15) is 0 Å². The molecule has 6 heteroatoms. The number of unbranched alkanes of at least 4 members (excludes halogenated alkanes) is 3. The average molecular weight is 273 g/mol. The van der Waals surface area contributed by atoms with Crippen LogP contribution in [-0.2, 0) is 11.3 Å². The summed E-state index contributed by atoms with van der Waals surface area (Å²) in [6.45, 7) is 5.20. The summed E-state index contributed by atoms with van der Waals surface area (Å²) in [5.41, 5.74) is 0. The van der Waals surface area contributed by atoms with Crippen LogP contribution in [-0.4, -0.2) is 37.1 Å². The van der Waals surface area contributed by atoms with E-state index in [1.165, 1.54) is 30.6 Å². The van der Waals surface area contributed by atoms with Crippen LogP contribution in [0.2, 0.25) is 0 Å². The number of ether oxygens (including phenoxy) is 2. The molecule has 1 heterocycles. The minimum atomic E-state index is 0.676. The highest BCUT2D eigenvalue weighted by Crippen LogP contribution is 2.17. The molecule has 1 rings (SSSR count). The predicted octanol–water partition coefficient (Wildman–Crippen LogP) is 2.23. The van der Waals surface area contributed by atoms with E-state index < -0.39 is 0 Å². The Morgan fingerprint density at radius 2 is 2.06 bits per heavy atom. The molecule has 18 heavy (non-hydrogen) atoms. The first-order valence-electron chi connectivity index (χ1n) is 6.51. The summed E-state index contributed by atoms with van der Waals surface area (Å²) in [5.74, 6) is 0. The summed E-state index contributed by atoms with van der Waals surface area (Å²) in [5, 5.41) is 12.9. The number of hydrogen-bond donors (Lipinski definition) is 1. The van der Waals surface area contributed by atoms with Crippen LogP contribution >= 0.6 is 11.3 Å². The van der Waals surface area contributed by atoms with Gasteiger partial charge >= 0.3 is 0 Å². The van der Waals surface area contributed by atoms with Crippen molar-refractivity contribution < 1.29 is 9.47 Å². The maximum atomic E-state index is 5.55. The van der Waals surface area contributed by atoms with E-state index in [1.807, 2.05) is 0 Å². The van der Waals surface area contributed by atoms with Crippen molar-refractivity contribution in [1.29, 1.82) is 0 Å². The fraction of sp³-hybridized carbons (Fsp3) is 0.833. The SMILES string of the molecule is CCCCCCOc1nnc(CNCCOC)s1. The van der Waals surface area contributed by atoms with Gasteiger partial charge in [-0.2, -0.15) is 0 Å². The van der Waals surface area contributed by atoms with Gasteiger partial charge in [0, 0.05) is 20.2 Å². The lowest BCUT2D eigenvalue weighted by molar-refractivity contribution is 0.199. The smallest absolute Gasteiger partial charge is 0.294 e. The molecular formula is C12H23N3O2S. The van der Waals surface area contributed by atoms with Gasteiger partial charge in [0.1, 0.15) is 5.01 Å². The van der Waals surface area contributed by atoms with Crippen molar-refractivity contribution in [1.82, 2.24) is 15.5 Å². The normalized spacial score (nSPS) is 10.8. The van der Waals surface area contributed by atoms with Crippen LogP contribution in [0.1, 0.15) is 37.6 Å². The van der Waals surface area contributed by atoms with Crippen LogP contribution in [0.5, 0.6) is 5.19 Å². The number of rotatable bonds is 11. The van der Waals surface area contributed by atoms with Gasteiger partial charge in [-0.05, 0) is 6.42 Å². The third-order valence-corrected chi connectivity index (χ3v) is 3.27. The zero-order chi connectivity index (χ0) is 13.1. The minimum Gasteiger partial charge on any atom is -0.469 e. The minimum absolute atomic E-state index is 0.676. The van der Waals surface area contributed by atoms with Crippen LogP contribution in [0.3, 0.4) is 0 Å². The van der Waals surface area contributed by atoms with E-state index in [4.69, 9.17) is 9.47 Å². The van der Waals surface area contributed by atoms with E-state index in [-0.39, 0.29) is 0 Å². The van der Waals surface area contributed by atoms with Crippen molar-refractivity contribution >= 4 is 11.3 Å². The Labute approximate surface area is 113 Å². The maximum absolute atomic E-state index is 5.55. The van der Waals surface area contributed by atoms with E-state index >= 15 is 0 Å². The number of nitrogens with one attached hydrogen (secondary N) is 1. The molecule has 0 fully saturated rings. The van der Waals surface area contributed by atoms with Crippen LogP contribution in [0.4, 0.5) is 0 Å². The molecule has 0 amide bonds. The van der Waals surface area contributed by atoms with E-state index in [0.717, 1.165) is 31.1 Å². The molecule has 0 saturated carbocycles. The van der Waals surface area contributed by atoms with Crippen molar-refractivity contribution in [3.63, 3.8) is 0 Å². The quantitative estimate of drug-likeness (QED) is 0.627. The molecule has 0 unspecified atom stereocenters. The number of methoxy groups -OCH3 is 1. The van der Waals surface area contributed by atoms with Crippen LogP contribution in [0, 0.1) is 0 Å². The third kappa shape index (κ3) is 6.88. The summed E-state index contributed by atoms with van der Waals surface area (Å²) < 4.78 is 10.5. The summed E-state index contributed by atoms with van der Waals surface area (Å²) in [6, 6.07) is 0. The van der Waals surface area contributed by atoms with Gasteiger partial charge in [0.05, 0.1) is 13.2 Å². The second-order valence-electron chi connectivity index (χ2n) is 4.04.